The fraction of sp³-hybridized carbons (Fsp3) is 0.625. The molecule has 1 aliphatic rings. The summed E-state index contributed by atoms with van der Waals surface area (Å²) in [7, 11) is 0. The second-order valence-electron chi connectivity index (χ2n) is 5.63. The number of halogens is 1. The van der Waals surface area contributed by atoms with E-state index in [1.165, 1.54) is 42.1 Å². The smallest absolute Gasteiger partial charge is 0.0294 e. The predicted octanol–water partition coefficient (Wildman–Crippen LogP) is 5.07. The molecule has 0 bridgehead atoms. The Morgan fingerprint density at radius 3 is 2.56 bits per heavy atom. The van der Waals surface area contributed by atoms with E-state index in [1.807, 2.05) is 0 Å². The van der Waals surface area contributed by atoms with Crippen LogP contribution in [0.5, 0.6) is 0 Å². The normalized spacial score (nSPS) is 20.6. The lowest BCUT2D eigenvalue weighted by Crippen LogP contribution is -2.36. The molecule has 1 aromatic rings. The first-order chi connectivity index (χ1) is 8.66. The van der Waals surface area contributed by atoms with Gasteiger partial charge in [0.25, 0.3) is 0 Å². The summed E-state index contributed by atoms with van der Waals surface area (Å²) in [5.41, 5.74) is 1.37. The van der Waals surface area contributed by atoms with Crippen LogP contribution in [0.25, 0.3) is 0 Å². The Morgan fingerprint density at radius 2 is 1.89 bits per heavy atom. The molecule has 18 heavy (non-hydrogen) atoms. The molecule has 0 aliphatic heterocycles. The summed E-state index contributed by atoms with van der Waals surface area (Å²) in [4.78, 5) is 0. The molecule has 0 radical (unpaired) electrons. The van der Waals surface area contributed by atoms with Crippen LogP contribution in [-0.4, -0.2) is 6.04 Å². The average molecular weight is 310 g/mol. The molecule has 2 rings (SSSR count). The fourth-order valence-electron chi connectivity index (χ4n) is 3.04. The minimum atomic E-state index is 0.430. The lowest BCUT2D eigenvalue weighted by Gasteiger charge is -2.30. The standard InChI is InChI=1S/C16H24BrN/c1-12(14-7-4-3-5-8-14)18-13(2)15-9-6-10-16(17)11-15/h6,9-14,18H,3-5,7-8H2,1-2H3/t12?,13-/m0/s1. The minimum absolute atomic E-state index is 0.430. The van der Waals surface area contributed by atoms with Crippen molar-refractivity contribution < 1.29 is 0 Å². The Bertz CT molecular complexity index is 371. The van der Waals surface area contributed by atoms with Gasteiger partial charge in [-0.2, -0.15) is 0 Å². The second-order valence-corrected chi connectivity index (χ2v) is 6.55. The third kappa shape index (κ3) is 3.83. The molecule has 1 fully saturated rings. The predicted molar refractivity (Wildman–Crippen MR) is 81.7 cm³/mol. The van der Waals surface area contributed by atoms with Crippen molar-refractivity contribution in [2.75, 3.05) is 0 Å². The summed E-state index contributed by atoms with van der Waals surface area (Å²) in [5.74, 6) is 0.869. The Labute approximate surface area is 119 Å². The molecular formula is C16H24BrN. The third-order valence-corrected chi connectivity index (χ3v) is 4.71. The maximum atomic E-state index is 3.77. The van der Waals surface area contributed by atoms with Gasteiger partial charge in [0.2, 0.25) is 0 Å². The molecule has 1 aromatic carbocycles. The maximum Gasteiger partial charge on any atom is 0.0294 e. The summed E-state index contributed by atoms with van der Waals surface area (Å²) in [6, 6.07) is 9.67. The molecule has 100 valence electrons. The van der Waals surface area contributed by atoms with Gasteiger partial charge in [-0.3, -0.25) is 0 Å². The van der Waals surface area contributed by atoms with Crippen LogP contribution in [0.3, 0.4) is 0 Å². The molecule has 2 atom stereocenters. The van der Waals surface area contributed by atoms with E-state index in [2.05, 4.69) is 59.4 Å². The van der Waals surface area contributed by atoms with Crippen LogP contribution < -0.4 is 5.32 Å². The van der Waals surface area contributed by atoms with E-state index in [0.29, 0.717) is 12.1 Å². The Kier molecular flexibility index (Phi) is 5.25. The SMILES string of the molecule is CC(N[C@@H](C)c1cccc(Br)c1)C1CCCCC1. The molecular weight excluding hydrogens is 286 g/mol. The largest absolute Gasteiger partial charge is 0.307 e. The summed E-state index contributed by atoms with van der Waals surface area (Å²) < 4.78 is 1.17. The van der Waals surface area contributed by atoms with Crippen LogP contribution >= 0.6 is 15.9 Å². The highest BCUT2D eigenvalue weighted by atomic mass is 79.9. The Balaban J connectivity index is 1.91. The van der Waals surface area contributed by atoms with E-state index in [1.54, 1.807) is 0 Å². The van der Waals surface area contributed by atoms with Gasteiger partial charge in [0.15, 0.2) is 0 Å². The van der Waals surface area contributed by atoms with Crippen molar-refractivity contribution in [3.8, 4) is 0 Å². The number of rotatable bonds is 4. The zero-order valence-corrected chi connectivity index (χ0v) is 13.0. The van der Waals surface area contributed by atoms with E-state index >= 15 is 0 Å². The van der Waals surface area contributed by atoms with Gasteiger partial charge in [-0.25, -0.2) is 0 Å². The summed E-state index contributed by atoms with van der Waals surface area (Å²) >= 11 is 3.55. The van der Waals surface area contributed by atoms with E-state index < -0.39 is 0 Å². The second kappa shape index (κ2) is 6.72. The zero-order valence-electron chi connectivity index (χ0n) is 11.5. The molecule has 1 unspecified atom stereocenters. The first-order valence-electron chi connectivity index (χ1n) is 7.18. The molecule has 2 heteroatoms. The van der Waals surface area contributed by atoms with Gasteiger partial charge in [-0.05, 0) is 50.3 Å². The maximum absolute atomic E-state index is 3.77. The third-order valence-electron chi connectivity index (χ3n) is 4.22. The average Bonchev–Trinajstić information content (AvgIpc) is 2.39. The van der Waals surface area contributed by atoms with Crippen molar-refractivity contribution >= 4 is 15.9 Å². The van der Waals surface area contributed by atoms with Gasteiger partial charge in [-0.1, -0.05) is 47.3 Å². The summed E-state index contributed by atoms with van der Waals surface area (Å²) in [5, 5.41) is 3.77. The molecule has 1 nitrogen and oxygen atoms in total. The van der Waals surface area contributed by atoms with Gasteiger partial charge < -0.3 is 5.32 Å². The van der Waals surface area contributed by atoms with Crippen LogP contribution in [0.4, 0.5) is 0 Å². The van der Waals surface area contributed by atoms with Gasteiger partial charge in [0, 0.05) is 16.6 Å². The monoisotopic (exact) mass is 309 g/mol. The number of nitrogens with one attached hydrogen (secondary N) is 1. The highest BCUT2D eigenvalue weighted by Crippen LogP contribution is 2.28. The van der Waals surface area contributed by atoms with E-state index in [0.717, 1.165) is 5.92 Å². The van der Waals surface area contributed by atoms with Crippen LogP contribution in [-0.2, 0) is 0 Å². The molecule has 0 heterocycles. The number of hydrogen-bond donors (Lipinski definition) is 1. The van der Waals surface area contributed by atoms with Crippen molar-refractivity contribution in [1.82, 2.24) is 5.32 Å². The summed E-state index contributed by atoms with van der Waals surface area (Å²) in [6.45, 7) is 4.62. The van der Waals surface area contributed by atoms with Crippen LogP contribution in [0.2, 0.25) is 0 Å². The lowest BCUT2D eigenvalue weighted by atomic mass is 9.84. The van der Waals surface area contributed by atoms with Crippen molar-refractivity contribution in [3.05, 3.63) is 34.3 Å². The molecule has 0 aromatic heterocycles. The molecule has 0 amide bonds. The van der Waals surface area contributed by atoms with E-state index in [-0.39, 0.29) is 0 Å². The summed E-state index contributed by atoms with van der Waals surface area (Å²) in [6.07, 6.45) is 7.08. The highest BCUT2D eigenvalue weighted by molar-refractivity contribution is 9.10. The van der Waals surface area contributed by atoms with E-state index in [4.69, 9.17) is 0 Å². The zero-order chi connectivity index (χ0) is 13.0. The highest BCUT2D eigenvalue weighted by Gasteiger charge is 2.21. The van der Waals surface area contributed by atoms with Crippen LogP contribution in [0.15, 0.2) is 28.7 Å². The molecule has 0 spiro atoms. The van der Waals surface area contributed by atoms with Crippen molar-refractivity contribution in [3.63, 3.8) is 0 Å². The quantitative estimate of drug-likeness (QED) is 0.819. The first-order valence-corrected chi connectivity index (χ1v) is 7.97. The van der Waals surface area contributed by atoms with Gasteiger partial charge >= 0.3 is 0 Å². The molecule has 1 aliphatic carbocycles. The van der Waals surface area contributed by atoms with Gasteiger partial charge in [0.05, 0.1) is 0 Å². The van der Waals surface area contributed by atoms with Crippen molar-refractivity contribution in [2.45, 2.75) is 58.0 Å². The minimum Gasteiger partial charge on any atom is -0.307 e. The van der Waals surface area contributed by atoms with E-state index in [9.17, 15) is 0 Å². The molecule has 1 N–H and O–H groups in total. The first kappa shape index (κ1) is 14.1. The van der Waals surface area contributed by atoms with Crippen LogP contribution in [0, 0.1) is 5.92 Å². The van der Waals surface area contributed by atoms with Gasteiger partial charge in [-0.15, -0.1) is 0 Å². The van der Waals surface area contributed by atoms with Crippen molar-refractivity contribution in [2.24, 2.45) is 5.92 Å². The fourth-order valence-corrected chi connectivity index (χ4v) is 3.45. The number of hydrogen-bond acceptors (Lipinski definition) is 1. The molecule has 1 saturated carbocycles. The topological polar surface area (TPSA) is 12.0 Å². The Morgan fingerprint density at radius 1 is 1.17 bits per heavy atom. The molecule has 0 saturated heterocycles. The van der Waals surface area contributed by atoms with Gasteiger partial charge in [0.1, 0.15) is 0 Å². The number of benzene rings is 1. The van der Waals surface area contributed by atoms with Crippen LogP contribution in [0.1, 0.15) is 57.6 Å². The lowest BCUT2D eigenvalue weighted by molar-refractivity contribution is 0.268. The Hall–Kier alpha value is -0.340. The van der Waals surface area contributed by atoms with Crippen molar-refractivity contribution in [1.29, 1.82) is 0 Å².